The summed E-state index contributed by atoms with van der Waals surface area (Å²) in [4.78, 5) is 2.38. The van der Waals surface area contributed by atoms with Crippen LogP contribution in [0.3, 0.4) is 0 Å². The second-order valence-electron chi connectivity index (χ2n) is 6.42. The molecule has 0 amide bonds. The Kier molecular flexibility index (Phi) is 5.61. The number of hydrogen-bond acceptors (Lipinski definition) is 4. The van der Waals surface area contributed by atoms with Crippen LogP contribution in [-0.2, 0) is 5.60 Å². The Hall–Kier alpha value is -2.04. The molecule has 0 aromatic heterocycles. The minimum atomic E-state index is -1.03. The van der Waals surface area contributed by atoms with E-state index in [9.17, 15) is 5.11 Å². The Morgan fingerprint density at radius 3 is 2.40 bits per heavy atom. The Balaban J connectivity index is 1.87. The average molecular weight is 341 g/mol. The predicted molar refractivity (Wildman–Crippen MR) is 99.0 cm³/mol. The Morgan fingerprint density at radius 1 is 0.960 bits per heavy atom. The van der Waals surface area contributed by atoms with Crippen molar-refractivity contribution in [2.24, 2.45) is 0 Å². The summed E-state index contributed by atoms with van der Waals surface area (Å²) in [5.74, 6) is 1.44. The van der Waals surface area contributed by atoms with Crippen molar-refractivity contribution < 1.29 is 14.6 Å². The van der Waals surface area contributed by atoms with Crippen LogP contribution in [-0.4, -0.2) is 36.4 Å². The summed E-state index contributed by atoms with van der Waals surface area (Å²) in [5.41, 5.74) is 0.728. The third kappa shape index (κ3) is 3.80. The highest BCUT2D eigenvalue weighted by Gasteiger charge is 2.32. The van der Waals surface area contributed by atoms with Crippen LogP contribution in [0.15, 0.2) is 48.5 Å². The molecular weight excluding hydrogens is 314 g/mol. The first kappa shape index (κ1) is 17.8. The lowest BCUT2D eigenvalue weighted by molar-refractivity contribution is 0.0649. The standard InChI is InChI=1S/C21H27NO3/c1-3-22(4-2)14-8-13-21(23,17-9-6-5-7-10-17)18-11-12-19-20(15-18)25-16-24-19/h5-7,9-12,15,23H,3-4,8,13-14,16H2,1-2H3. The highest BCUT2D eigenvalue weighted by atomic mass is 16.7. The van der Waals surface area contributed by atoms with E-state index in [1.807, 2.05) is 48.5 Å². The van der Waals surface area contributed by atoms with Crippen LogP contribution in [0.2, 0.25) is 0 Å². The molecule has 1 atom stereocenters. The van der Waals surface area contributed by atoms with E-state index in [2.05, 4.69) is 18.7 Å². The van der Waals surface area contributed by atoms with E-state index >= 15 is 0 Å². The summed E-state index contributed by atoms with van der Waals surface area (Å²) >= 11 is 0. The average Bonchev–Trinajstić information content (AvgIpc) is 3.13. The van der Waals surface area contributed by atoms with Crippen molar-refractivity contribution in [3.63, 3.8) is 0 Å². The van der Waals surface area contributed by atoms with Crippen LogP contribution < -0.4 is 9.47 Å². The molecule has 1 N–H and O–H groups in total. The van der Waals surface area contributed by atoms with Gasteiger partial charge in [0.05, 0.1) is 0 Å². The topological polar surface area (TPSA) is 41.9 Å². The van der Waals surface area contributed by atoms with Crippen LogP contribution in [0.4, 0.5) is 0 Å². The van der Waals surface area contributed by atoms with Crippen molar-refractivity contribution >= 4 is 0 Å². The Morgan fingerprint density at radius 2 is 1.68 bits per heavy atom. The number of nitrogens with zero attached hydrogens (tertiary/aromatic N) is 1. The zero-order valence-corrected chi connectivity index (χ0v) is 15.1. The van der Waals surface area contributed by atoms with E-state index in [1.165, 1.54) is 0 Å². The van der Waals surface area contributed by atoms with Crippen molar-refractivity contribution in [3.8, 4) is 11.5 Å². The molecule has 0 saturated heterocycles. The first-order valence-corrected chi connectivity index (χ1v) is 9.07. The first-order valence-electron chi connectivity index (χ1n) is 9.07. The van der Waals surface area contributed by atoms with Crippen LogP contribution in [0, 0.1) is 0 Å². The van der Waals surface area contributed by atoms with Crippen LogP contribution >= 0.6 is 0 Å². The van der Waals surface area contributed by atoms with E-state index in [1.54, 1.807) is 0 Å². The summed E-state index contributed by atoms with van der Waals surface area (Å²) in [6.45, 7) is 7.63. The zero-order valence-electron chi connectivity index (χ0n) is 15.1. The molecule has 2 aromatic carbocycles. The van der Waals surface area contributed by atoms with E-state index in [-0.39, 0.29) is 6.79 Å². The van der Waals surface area contributed by atoms with E-state index in [0.717, 1.165) is 42.9 Å². The molecule has 0 radical (unpaired) electrons. The number of ether oxygens (including phenoxy) is 2. The maximum Gasteiger partial charge on any atom is 0.231 e. The lowest BCUT2D eigenvalue weighted by Gasteiger charge is -2.30. The van der Waals surface area contributed by atoms with Crippen molar-refractivity contribution in [3.05, 3.63) is 59.7 Å². The molecule has 1 heterocycles. The van der Waals surface area contributed by atoms with Gasteiger partial charge in [-0.15, -0.1) is 0 Å². The van der Waals surface area contributed by atoms with Crippen molar-refractivity contribution in [2.75, 3.05) is 26.4 Å². The first-order chi connectivity index (χ1) is 12.2. The molecule has 25 heavy (non-hydrogen) atoms. The quantitative estimate of drug-likeness (QED) is 0.793. The molecule has 4 nitrogen and oxygen atoms in total. The number of hydrogen-bond donors (Lipinski definition) is 1. The van der Waals surface area contributed by atoms with Gasteiger partial charge in [-0.2, -0.15) is 0 Å². The minimum absolute atomic E-state index is 0.241. The maximum absolute atomic E-state index is 11.6. The molecule has 1 aliphatic heterocycles. The van der Waals surface area contributed by atoms with Gasteiger partial charge in [0, 0.05) is 0 Å². The largest absolute Gasteiger partial charge is 0.454 e. The Bertz CT molecular complexity index is 685. The van der Waals surface area contributed by atoms with Gasteiger partial charge < -0.3 is 19.5 Å². The van der Waals surface area contributed by atoms with Gasteiger partial charge in [-0.05, 0) is 55.7 Å². The Labute approximate surface area is 150 Å². The molecule has 0 aliphatic carbocycles. The van der Waals surface area contributed by atoms with Gasteiger partial charge >= 0.3 is 0 Å². The van der Waals surface area contributed by atoms with Crippen LogP contribution in [0.5, 0.6) is 11.5 Å². The highest BCUT2D eigenvalue weighted by Crippen LogP contribution is 2.40. The van der Waals surface area contributed by atoms with Gasteiger partial charge in [-0.3, -0.25) is 0 Å². The van der Waals surface area contributed by atoms with Gasteiger partial charge in [0.15, 0.2) is 11.5 Å². The number of rotatable bonds is 8. The predicted octanol–water partition coefficient (Wildman–Crippen LogP) is 3.77. The lowest BCUT2D eigenvalue weighted by atomic mass is 9.82. The molecule has 3 rings (SSSR count). The summed E-state index contributed by atoms with van der Waals surface area (Å²) in [7, 11) is 0. The SMILES string of the molecule is CCN(CC)CCCC(O)(c1ccccc1)c1ccc2c(c1)OCO2. The molecule has 0 bridgehead atoms. The smallest absolute Gasteiger partial charge is 0.231 e. The van der Waals surface area contributed by atoms with Crippen molar-refractivity contribution in [1.29, 1.82) is 0 Å². The molecule has 1 unspecified atom stereocenters. The van der Waals surface area contributed by atoms with Gasteiger partial charge in [-0.1, -0.05) is 50.2 Å². The highest BCUT2D eigenvalue weighted by molar-refractivity contribution is 5.48. The van der Waals surface area contributed by atoms with Gasteiger partial charge in [0.25, 0.3) is 0 Å². The third-order valence-electron chi connectivity index (χ3n) is 5.01. The third-order valence-corrected chi connectivity index (χ3v) is 5.01. The molecule has 134 valence electrons. The molecule has 0 spiro atoms. The number of benzene rings is 2. The van der Waals surface area contributed by atoms with Crippen molar-refractivity contribution in [1.82, 2.24) is 4.90 Å². The summed E-state index contributed by atoms with van der Waals surface area (Å²) in [6, 6.07) is 15.6. The number of aliphatic hydroxyl groups is 1. The second kappa shape index (κ2) is 7.89. The van der Waals surface area contributed by atoms with E-state index in [4.69, 9.17) is 9.47 Å². The number of fused-ring (bicyclic) bond motifs is 1. The maximum atomic E-state index is 11.6. The van der Waals surface area contributed by atoms with Crippen LogP contribution in [0.1, 0.15) is 37.8 Å². The fraction of sp³-hybridized carbons (Fsp3) is 0.429. The molecule has 0 fully saturated rings. The summed E-state index contributed by atoms with van der Waals surface area (Å²) in [6.07, 6.45) is 1.58. The van der Waals surface area contributed by atoms with Crippen molar-refractivity contribution in [2.45, 2.75) is 32.3 Å². The normalized spacial score (nSPS) is 15.4. The lowest BCUT2D eigenvalue weighted by Crippen LogP contribution is -2.30. The summed E-state index contributed by atoms with van der Waals surface area (Å²) < 4.78 is 10.9. The molecular formula is C21H27NO3. The summed E-state index contributed by atoms with van der Waals surface area (Å²) in [5, 5.41) is 11.6. The minimum Gasteiger partial charge on any atom is -0.454 e. The second-order valence-corrected chi connectivity index (χ2v) is 6.42. The van der Waals surface area contributed by atoms with Crippen LogP contribution in [0.25, 0.3) is 0 Å². The monoisotopic (exact) mass is 341 g/mol. The van der Waals surface area contributed by atoms with E-state index in [0.29, 0.717) is 12.2 Å². The molecule has 2 aromatic rings. The molecule has 1 aliphatic rings. The molecule has 0 saturated carbocycles. The fourth-order valence-corrected chi connectivity index (χ4v) is 3.42. The van der Waals surface area contributed by atoms with Gasteiger partial charge in [0.1, 0.15) is 5.60 Å². The zero-order chi connectivity index (χ0) is 17.7. The van der Waals surface area contributed by atoms with Gasteiger partial charge in [0.2, 0.25) is 6.79 Å². The fourth-order valence-electron chi connectivity index (χ4n) is 3.42. The van der Waals surface area contributed by atoms with E-state index < -0.39 is 5.60 Å². The molecule has 4 heteroatoms. The van der Waals surface area contributed by atoms with Gasteiger partial charge in [-0.25, -0.2) is 0 Å².